The van der Waals surface area contributed by atoms with Crippen molar-refractivity contribution in [3.05, 3.63) is 53.8 Å². The van der Waals surface area contributed by atoms with Gasteiger partial charge in [0.05, 0.1) is 31.2 Å². The highest BCUT2D eigenvalue weighted by Gasteiger charge is 2.39. The van der Waals surface area contributed by atoms with E-state index in [0.29, 0.717) is 35.5 Å². The molecule has 0 bridgehead atoms. The van der Waals surface area contributed by atoms with Crippen molar-refractivity contribution >= 4 is 29.3 Å². The number of nitrogens with one attached hydrogen (secondary N) is 2. The number of rotatable bonds is 4. The standard InChI is InChI=1S/C24H26FN3O6/c1-28-19-9-8-17(12-22(29)32-2)34-21(19)13-33-20-10-7-16(11-18(20)23(28)30)27-24(31)26-15-5-3-14(25)4-6-15/h3-7,10-11,17,19,21H,8-9,12-13H2,1-2H3,(H2,26,27,31)/t17-,19+,21+/m0/s1. The molecule has 0 aliphatic carbocycles. The number of fused-ring (bicyclic) bond motifs is 2. The predicted octanol–water partition coefficient (Wildman–Crippen LogP) is 3.41. The van der Waals surface area contributed by atoms with E-state index in [4.69, 9.17) is 14.2 Å². The zero-order chi connectivity index (χ0) is 24.2. The molecule has 0 radical (unpaired) electrons. The van der Waals surface area contributed by atoms with Crippen LogP contribution < -0.4 is 15.4 Å². The number of methoxy groups -OCH3 is 1. The van der Waals surface area contributed by atoms with Crippen LogP contribution in [-0.4, -0.2) is 61.8 Å². The van der Waals surface area contributed by atoms with Crippen molar-refractivity contribution in [2.24, 2.45) is 0 Å². The van der Waals surface area contributed by atoms with Gasteiger partial charge >= 0.3 is 12.0 Å². The lowest BCUT2D eigenvalue weighted by molar-refractivity contribution is -0.151. The number of likely N-dealkylation sites (N-methyl/N-ethyl adjacent to an activating group) is 1. The molecular weight excluding hydrogens is 445 g/mol. The second-order valence-corrected chi connectivity index (χ2v) is 8.25. The van der Waals surface area contributed by atoms with E-state index in [1.54, 1.807) is 30.1 Å². The molecule has 180 valence electrons. The fourth-order valence-electron chi connectivity index (χ4n) is 4.20. The minimum absolute atomic E-state index is 0.156. The van der Waals surface area contributed by atoms with Gasteiger partial charge in [0.1, 0.15) is 24.3 Å². The largest absolute Gasteiger partial charge is 0.490 e. The Morgan fingerprint density at radius 3 is 2.56 bits per heavy atom. The third-order valence-electron chi connectivity index (χ3n) is 5.99. The summed E-state index contributed by atoms with van der Waals surface area (Å²) in [6.07, 6.45) is 0.760. The van der Waals surface area contributed by atoms with E-state index in [2.05, 4.69) is 10.6 Å². The third kappa shape index (κ3) is 5.28. The summed E-state index contributed by atoms with van der Waals surface area (Å²) in [5.74, 6) is -0.630. The summed E-state index contributed by atoms with van der Waals surface area (Å²) in [6, 6.07) is 9.42. The van der Waals surface area contributed by atoms with Crippen molar-refractivity contribution in [2.45, 2.75) is 37.5 Å². The van der Waals surface area contributed by atoms with E-state index in [1.807, 2.05) is 0 Å². The van der Waals surface area contributed by atoms with Crippen LogP contribution in [0, 0.1) is 5.82 Å². The summed E-state index contributed by atoms with van der Waals surface area (Å²) in [6.45, 7) is 0.213. The number of anilines is 2. The maximum Gasteiger partial charge on any atom is 0.323 e. The van der Waals surface area contributed by atoms with Crippen LogP contribution in [0.1, 0.15) is 29.6 Å². The molecule has 0 saturated carbocycles. The fourth-order valence-corrected chi connectivity index (χ4v) is 4.20. The SMILES string of the molecule is COC(=O)C[C@@H]1CC[C@@H]2[C@@H](COc3ccc(NC(=O)Nc4ccc(F)cc4)cc3C(=O)N2C)O1. The van der Waals surface area contributed by atoms with Crippen molar-refractivity contribution in [2.75, 3.05) is 31.4 Å². The van der Waals surface area contributed by atoms with Crippen molar-refractivity contribution in [3.8, 4) is 5.75 Å². The summed E-state index contributed by atoms with van der Waals surface area (Å²) >= 11 is 0. The molecule has 1 fully saturated rings. The van der Waals surface area contributed by atoms with E-state index in [9.17, 15) is 18.8 Å². The molecule has 34 heavy (non-hydrogen) atoms. The Kier molecular flexibility index (Phi) is 6.97. The van der Waals surface area contributed by atoms with Crippen LogP contribution in [0.2, 0.25) is 0 Å². The van der Waals surface area contributed by atoms with Gasteiger partial charge in [0, 0.05) is 18.4 Å². The molecule has 0 aromatic heterocycles. The second-order valence-electron chi connectivity index (χ2n) is 8.25. The first kappa shape index (κ1) is 23.5. The number of halogens is 1. The quantitative estimate of drug-likeness (QED) is 0.662. The molecule has 3 amide bonds. The molecule has 2 aliphatic heterocycles. The number of esters is 1. The molecular formula is C24H26FN3O6. The highest BCUT2D eigenvalue weighted by Crippen LogP contribution is 2.32. The van der Waals surface area contributed by atoms with Crippen LogP contribution in [0.3, 0.4) is 0 Å². The Hall–Kier alpha value is -3.66. The van der Waals surface area contributed by atoms with Gasteiger partial charge in [-0.15, -0.1) is 0 Å². The molecule has 3 atom stereocenters. The Balaban J connectivity index is 1.46. The van der Waals surface area contributed by atoms with Gasteiger partial charge in [0.2, 0.25) is 0 Å². The van der Waals surface area contributed by atoms with Crippen LogP contribution in [0.4, 0.5) is 20.6 Å². The minimum Gasteiger partial charge on any atom is -0.490 e. The average Bonchev–Trinajstić information content (AvgIpc) is 2.83. The number of urea groups is 1. The van der Waals surface area contributed by atoms with Crippen LogP contribution >= 0.6 is 0 Å². The number of carbonyl (C=O) groups excluding carboxylic acids is 3. The van der Waals surface area contributed by atoms with E-state index >= 15 is 0 Å². The highest BCUT2D eigenvalue weighted by atomic mass is 19.1. The minimum atomic E-state index is -0.531. The first-order valence-electron chi connectivity index (χ1n) is 10.9. The maximum atomic E-state index is 13.3. The van der Waals surface area contributed by atoms with Gasteiger partial charge in [-0.3, -0.25) is 9.59 Å². The normalized spacial score (nSPS) is 21.8. The molecule has 2 aromatic rings. The first-order chi connectivity index (χ1) is 16.3. The number of hydrogen-bond donors (Lipinski definition) is 2. The van der Waals surface area contributed by atoms with Gasteiger partial charge in [-0.25, -0.2) is 9.18 Å². The molecule has 2 N–H and O–H groups in total. The van der Waals surface area contributed by atoms with Crippen LogP contribution in [0.5, 0.6) is 5.75 Å². The van der Waals surface area contributed by atoms with Crippen molar-refractivity contribution in [3.63, 3.8) is 0 Å². The molecule has 0 unspecified atom stereocenters. The molecule has 1 saturated heterocycles. The third-order valence-corrected chi connectivity index (χ3v) is 5.99. The summed E-state index contributed by atoms with van der Waals surface area (Å²) < 4.78 is 29.8. The number of benzene rings is 2. The zero-order valence-electron chi connectivity index (χ0n) is 18.9. The second kappa shape index (κ2) is 10.1. The average molecular weight is 471 g/mol. The van der Waals surface area contributed by atoms with Crippen molar-refractivity contribution in [1.29, 1.82) is 0 Å². The Morgan fingerprint density at radius 2 is 1.82 bits per heavy atom. The number of amides is 3. The maximum absolute atomic E-state index is 13.3. The molecule has 0 spiro atoms. The van der Waals surface area contributed by atoms with Gasteiger partial charge in [-0.05, 0) is 55.3 Å². The number of ether oxygens (including phenoxy) is 3. The molecule has 9 nitrogen and oxygen atoms in total. The monoisotopic (exact) mass is 471 g/mol. The fraction of sp³-hybridized carbons (Fsp3) is 0.375. The lowest BCUT2D eigenvalue weighted by atomic mass is 9.94. The van der Waals surface area contributed by atoms with E-state index in [0.717, 1.165) is 0 Å². The van der Waals surface area contributed by atoms with Gasteiger partial charge in [-0.1, -0.05) is 0 Å². The lowest BCUT2D eigenvalue weighted by Gasteiger charge is -2.42. The van der Waals surface area contributed by atoms with Crippen LogP contribution in [0.15, 0.2) is 42.5 Å². The molecule has 2 aliphatic rings. The van der Waals surface area contributed by atoms with Gasteiger partial charge < -0.3 is 29.7 Å². The van der Waals surface area contributed by atoms with E-state index in [-0.39, 0.29) is 43.2 Å². The zero-order valence-corrected chi connectivity index (χ0v) is 18.9. The van der Waals surface area contributed by atoms with Crippen LogP contribution in [0.25, 0.3) is 0 Å². The Bertz CT molecular complexity index is 1080. The number of nitrogens with zero attached hydrogens (tertiary/aromatic N) is 1. The number of hydrogen-bond acceptors (Lipinski definition) is 6. The van der Waals surface area contributed by atoms with Crippen LogP contribution in [-0.2, 0) is 14.3 Å². The molecule has 10 heteroatoms. The highest BCUT2D eigenvalue weighted by molar-refractivity contribution is 6.02. The lowest BCUT2D eigenvalue weighted by Crippen LogP contribution is -2.53. The topological polar surface area (TPSA) is 106 Å². The van der Waals surface area contributed by atoms with Gasteiger partial charge in [-0.2, -0.15) is 0 Å². The van der Waals surface area contributed by atoms with Crippen molar-refractivity contribution in [1.82, 2.24) is 4.90 Å². The van der Waals surface area contributed by atoms with E-state index < -0.39 is 11.8 Å². The number of carbonyl (C=O) groups is 3. The van der Waals surface area contributed by atoms with E-state index in [1.165, 1.54) is 31.4 Å². The molecule has 4 rings (SSSR count). The van der Waals surface area contributed by atoms with Gasteiger partial charge in [0.25, 0.3) is 5.91 Å². The molecule has 2 heterocycles. The summed E-state index contributed by atoms with van der Waals surface area (Å²) in [4.78, 5) is 38.8. The van der Waals surface area contributed by atoms with Gasteiger partial charge in [0.15, 0.2) is 0 Å². The van der Waals surface area contributed by atoms with Crippen molar-refractivity contribution < 1.29 is 33.0 Å². The predicted molar refractivity (Wildman–Crippen MR) is 121 cm³/mol. The first-order valence-corrected chi connectivity index (χ1v) is 10.9. The smallest absolute Gasteiger partial charge is 0.323 e. The molecule has 2 aromatic carbocycles. The summed E-state index contributed by atoms with van der Waals surface area (Å²) in [7, 11) is 3.05. The Labute approximate surface area is 196 Å². The Morgan fingerprint density at radius 1 is 1.12 bits per heavy atom. The summed E-state index contributed by atoms with van der Waals surface area (Å²) in [5, 5.41) is 5.28. The summed E-state index contributed by atoms with van der Waals surface area (Å²) in [5.41, 5.74) is 1.15.